The second-order valence-corrected chi connectivity index (χ2v) is 3.74. The monoisotopic (exact) mass is 216 g/mol. The summed E-state index contributed by atoms with van der Waals surface area (Å²) in [6, 6.07) is 3.95. The van der Waals surface area contributed by atoms with Gasteiger partial charge >= 0.3 is 0 Å². The predicted octanol–water partition coefficient (Wildman–Crippen LogP) is 2.09. The molecule has 0 amide bonds. The van der Waals surface area contributed by atoms with Crippen LogP contribution < -0.4 is 5.32 Å². The molecule has 0 atom stereocenters. The van der Waals surface area contributed by atoms with E-state index >= 15 is 0 Å². The van der Waals surface area contributed by atoms with Crippen molar-refractivity contribution in [1.82, 2.24) is 14.8 Å². The van der Waals surface area contributed by atoms with E-state index in [1.807, 2.05) is 35.4 Å². The summed E-state index contributed by atoms with van der Waals surface area (Å²) in [7, 11) is 0. The SMILES string of the molecule is Cc1cnccc1NCCCn1cccn1. The number of pyridine rings is 1. The van der Waals surface area contributed by atoms with Gasteiger partial charge in [-0.1, -0.05) is 0 Å². The van der Waals surface area contributed by atoms with E-state index in [-0.39, 0.29) is 0 Å². The van der Waals surface area contributed by atoms with Crippen LogP contribution in [0.5, 0.6) is 0 Å². The Morgan fingerprint density at radius 1 is 1.38 bits per heavy atom. The largest absolute Gasteiger partial charge is 0.385 e. The lowest BCUT2D eigenvalue weighted by atomic mass is 10.2. The quantitative estimate of drug-likeness (QED) is 0.778. The Bertz CT molecular complexity index is 422. The first-order valence-corrected chi connectivity index (χ1v) is 5.48. The highest BCUT2D eigenvalue weighted by Gasteiger charge is 1.96. The van der Waals surface area contributed by atoms with E-state index in [2.05, 4.69) is 22.3 Å². The molecule has 0 radical (unpaired) electrons. The number of anilines is 1. The first kappa shape index (κ1) is 10.7. The average molecular weight is 216 g/mol. The minimum Gasteiger partial charge on any atom is -0.385 e. The summed E-state index contributed by atoms with van der Waals surface area (Å²) in [5, 5.41) is 7.55. The van der Waals surface area contributed by atoms with Crippen molar-refractivity contribution in [1.29, 1.82) is 0 Å². The minimum atomic E-state index is 0.949. The van der Waals surface area contributed by atoms with Gasteiger partial charge in [-0.15, -0.1) is 0 Å². The van der Waals surface area contributed by atoms with Crippen molar-refractivity contribution >= 4 is 5.69 Å². The number of aromatic nitrogens is 3. The predicted molar refractivity (Wildman–Crippen MR) is 64.3 cm³/mol. The summed E-state index contributed by atoms with van der Waals surface area (Å²) in [6.45, 7) is 3.96. The Kier molecular flexibility index (Phi) is 3.53. The van der Waals surface area contributed by atoms with E-state index in [4.69, 9.17) is 0 Å². The van der Waals surface area contributed by atoms with Crippen LogP contribution in [-0.2, 0) is 6.54 Å². The van der Waals surface area contributed by atoms with E-state index in [1.165, 1.54) is 5.56 Å². The Morgan fingerprint density at radius 2 is 2.31 bits per heavy atom. The lowest BCUT2D eigenvalue weighted by Gasteiger charge is -2.08. The normalized spacial score (nSPS) is 10.3. The zero-order chi connectivity index (χ0) is 11.2. The molecule has 84 valence electrons. The molecule has 2 aromatic heterocycles. The van der Waals surface area contributed by atoms with Gasteiger partial charge in [-0.2, -0.15) is 5.10 Å². The summed E-state index contributed by atoms with van der Waals surface area (Å²) in [4.78, 5) is 4.06. The second-order valence-electron chi connectivity index (χ2n) is 3.74. The molecule has 0 aliphatic carbocycles. The van der Waals surface area contributed by atoms with E-state index in [0.29, 0.717) is 0 Å². The van der Waals surface area contributed by atoms with Gasteiger partial charge in [-0.25, -0.2) is 0 Å². The molecule has 2 rings (SSSR count). The zero-order valence-corrected chi connectivity index (χ0v) is 9.43. The van der Waals surface area contributed by atoms with Crippen molar-refractivity contribution in [2.24, 2.45) is 0 Å². The van der Waals surface area contributed by atoms with Crippen LogP contribution >= 0.6 is 0 Å². The van der Waals surface area contributed by atoms with Gasteiger partial charge in [0.05, 0.1) is 0 Å². The standard InChI is InChI=1S/C12H16N4/c1-11-10-13-7-4-12(11)14-5-2-8-16-9-3-6-15-16/h3-4,6-7,9-10H,2,5,8H2,1H3,(H,13,14). The van der Waals surface area contributed by atoms with Gasteiger partial charge in [-0.3, -0.25) is 9.67 Å². The summed E-state index contributed by atoms with van der Waals surface area (Å²) in [6.07, 6.45) is 8.53. The molecule has 2 aromatic rings. The van der Waals surface area contributed by atoms with Gasteiger partial charge in [0.15, 0.2) is 0 Å². The van der Waals surface area contributed by atoms with Gasteiger partial charge in [-0.05, 0) is 31.0 Å². The summed E-state index contributed by atoms with van der Waals surface area (Å²) in [5.74, 6) is 0. The lowest BCUT2D eigenvalue weighted by Crippen LogP contribution is -2.07. The zero-order valence-electron chi connectivity index (χ0n) is 9.43. The van der Waals surface area contributed by atoms with Gasteiger partial charge in [0.25, 0.3) is 0 Å². The molecule has 0 aromatic carbocycles. The maximum absolute atomic E-state index is 4.16. The number of nitrogens with one attached hydrogen (secondary N) is 1. The van der Waals surface area contributed by atoms with E-state index in [9.17, 15) is 0 Å². The molecular formula is C12H16N4. The van der Waals surface area contributed by atoms with Crippen molar-refractivity contribution in [3.8, 4) is 0 Å². The van der Waals surface area contributed by atoms with Crippen LogP contribution in [0.2, 0.25) is 0 Å². The summed E-state index contributed by atoms with van der Waals surface area (Å²) in [5.41, 5.74) is 2.34. The van der Waals surface area contributed by atoms with Gasteiger partial charge < -0.3 is 5.32 Å². The van der Waals surface area contributed by atoms with Gasteiger partial charge in [0.2, 0.25) is 0 Å². The fourth-order valence-corrected chi connectivity index (χ4v) is 1.57. The number of nitrogens with zero attached hydrogens (tertiary/aromatic N) is 3. The van der Waals surface area contributed by atoms with Crippen molar-refractivity contribution in [3.05, 3.63) is 42.5 Å². The first-order chi connectivity index (χ1) is 7.86. The van der Waals surface area contributed by atoms with E-state index < -0.39 is 0 Å². The van der Waals surface area contributed by atoms with Crippen LogP contribution in [-0.4, -0.2) is 21.3 Å². The molecule has 4 heteroatoms. The van der Waals surface area contributed by atoms with Crippen molar-refractivity contribution in [2.75, 3.05) is 11.9 Å². The highest BCUT2D eigenvalue weighted by Crippen LogP contribution is 2.11. The van der Waals surface area contributed by atoms with Crippen LogP contribution in [0.1, 0.15) is 12.0 Å². The van der Waals surface area contributed by atoms with E-state index in [1.54, 1.807) is 6.20 Å². The number of hydrogen-bond acceptors (Lipinski definition) is 3. The molecule has 2 heterocycles. The maximum Gasteiger partial charge on any atom is 0.0489 e. The highest BCUT2D eigenvalue weighted by atomic mass is 15.3. The number of rotatable bonds is 5. The third-order valence-corrected chi connectivity index (χ3v) is 2.46. The second kappa shape index (κ2) is 5.30. The molecule has 1 N–H and O–H groups in total. The van der Waals surface area contributed by atoms with Gasteiger partial charge in [0, 0.05) is 43.6 Å². The molecule has 0 unspecified atom stereocenters. The fourth-order valence-electron chi connectivity index (χ4n) is 1.57. The van der Waals surface area contributed by atoms with Crippen molar-refractivity contribution in [2.45, 2.75) is 19.9 Å². The highest BCUT2D eigenvalue weighted by molar-refractivity contribution is 5.48. The third kappa shape index (κ3) is 2.82. The summed E-state index contributed by atoms with van der Waals surface area (Å²) < 4.78 is 1.95. The Morgan fingerprint density at radius 3 is 3.06 bits per heavy atom. The Labute approximate surface area is 95.3 Å². The molecule has 0 saturated carbocycles. The molecular weight excluding hydrogens is 200 g/mol. The minimum absolute atomic E-state index is 0.949. The fraction of sp³-hybridized carbons (Fsp3) is 0.333. The molecule has 0 aliphatic rings. The molecule has 4 nitrogen and oxygen atoms in total. The van der Waals surface area contributed by atoms with Crippen molar-refractivity contribution < 1.29 is 0 Å². The van der Waals surface area contributed by atoms with Crippen molar-refractivity contribution in [3.63, 3.8) is 0 Å². The number of aryl methyl sites for hydroxylation is 2. The molecule has 0 fully saturated rings. The smallest absolute Gasteiger partial charge is 0.0489 e. The molecule has 0 aliphatic heterocycles. The third-order valence-electron chi connectivity index (χ3n) is 2.46. The van der Waals surface area contributed by atoms with Crippen LogP contribution in [0.3, 0.4) is 0 Å². The van der Waals surface area contributed by atoms with Crippen LogP contribution in [0.4, 0.5) is 5.69 Å². The average Bonchev–Trinajstić information content (AvgIpc) is 2.79. The Balaban J connectivity index is 1.74. The van der Waals surface area contributed by atoms with Gasteiger partial charge in [0.1, 0.15) is 0 Å². The molecule has 16 heavy (non-hydrogen) atoms. The van der Waals surface area contributed by atoms with E-state index in [0.717, 1.165) is 25.2 Å². The maximum atomic E-state index is 4.16. The first-order valence-electron chi connectivity index (χ1n) is 5.48. The molecule has 0 bridgehead atoms. The molecule has 0 spiro atoms. The van der Waals surface area contributed by atoms with Crippen LogP contribution in [0.15, 0.2) is 36.9 Å². The lowest BCUT2D eigenvalue weighted by molar-refractivity contribution is 0.592. The van der Waals surface area contributed by atoms with Crippen LogP contribution in [0, 0.1) is 6.92 Å². The Hall–Kier alpha value is -1.84. The summed E-state index contributed by atoms with van der Waals surface area (Å²) >= 11 is 0. The van der Waals surface area contributed by atoms with Crippen LogP contribution in [0.25, 0.3) is 0 Å². The number of hydrogen-bond donors (Lipinski definition) is 1. The molecule has 0 saturated heterocycles. The topological polar surface area (TPSA) is 42.7 Å².